The van der Waals surface area contributed by atoms with Crippen molar-refractivity contribution in [3.63, 3.8) is 0 Å². The summed E-state index contributed by atoms with van der Waals surface area (Å²) in [7, 11) is 0. The van der Waals surface area contributed by atoms with Gasteiger partial charge in [-0.15, -0.1) is 0 Å². The lowest BCUT2D eigenvalue weighted by atomic mass is 9.80. The normalized spacial score (nSPS) is 11.4. The quantitative estimate of drug-likeness (QED) is 0.920. The van der Waals surface area contributed by atoms with E-state index in [9.17, 15) is 18.7 Å². The topological polar surface area (TPSA) is 37.3 Å². The molecule has 4 heteroatoms. The van der Waals surface area contributed by atoms with Crippen molar-refractivity contribution >= 4 is 5.97 Å². The highest BCUT2D eigenvalue weighted by atomic mass is 19.2. The fraction of sp³-hybridized carbons (Fsp3) is 0.188. The molecule has 0 fully saturated rings. The number of rotatable bonds is 3. The number of carbonyl (C=O) groups is 1. The molecule has 0 aliphatic heterocycles. The van der Waals surface area contributed by atoms with E-state index in [1.807, 2.05) is 0 Å². The molecule has 2 aromatic carbocycles. The number of carboxylic acids is 1. The van der Waals surface area contributed by atoms with Gasteiger partial charge in [-0.25, -0.2) is 8.78 Å². The first kappa shape index (κ1) is 14.2. The molecule has 104 valence electrons. The fourth-order valence-electron chi connectivity index (χ4n) is 2.06. The van der Waals surface area contributed by atoms with Gasteiger partial charge in [0.2, 0.25) is 0 Å². The summed E-state index contributed by atoms with van der Waals surface area (Å²) >= 11 is 0. The van der Waals surface area contributed by atoms with E-state index < -0.39 is 23.0 Å². The summed E-state index contributed by atoms with van der Waals surface area (Å²) in [5.41, 5.74) is 0.465. The zero-order valence-electron chi connectivity index (χ0n) is 11.2. The van der Waals surface area contributed by atoms with Gasteiger partial charge in [0, 0.05) is 0 Å². The van der Waals surface area contributed by atoms with Gasteiger partial charge in [0.05, 0.1) is 5.41 Å². The van der Waals surface area contributed by atoms with Gasteiger partial charge < -0.3 is 5.11 Å². The average molecular weight is 276 g/mol. The van der Waals surface area contributed by atoms with Crippen LogP contribution in [0, 0.1) is 11.6 Å². The SMILES string of the molecule is CC(C)(C(=O)O)c1ccccc1-c1ccc(F)c(F)c1. The van der Waals surface area contributed by atoms with E-state index in [4.69, 9.17) is 0 Å². The van der Waals surface area contributed by atoms with Crippen LogP contribution in [0.1, 0.15) is 19.4 Å². The lowest BCUT2D eigenvalue weighted by Crippen LogP contribution is -2.29. The predicted octanol–water partition coefficient (Wildman–Crippen LogP) is 3.99. The smallest absolute Gasteiger partial charge is 0.313 e. The lowest BCUT2D eigenvalue weighted by Gasteiger charge is -2.23. The van der Waals surface area contributed by atoms with Gasteiger partial charge in [0.25, 0.3) is 0 Å². The molecule has 0 unspecified atom stereocenters. The molecule has 2 rings (SSSR count). The van der Waals surface area contributed by atoms with Crippen molar-refractivity contribution < 1.29 is 18.7 Å². The van der Waals surface area contributed by atoms with Gasteiger partial charge in [-0.05, 0) is 42.7 Å². The van der Waals surface area contributed by atoms with Crippen molar-refractivity contribution in [2.45, 2.75) is 19.3 Å². The van der Waals surface area contributed by atoms with Gasteiger partial charge in [0.15, 0.2) is 11.6 Å². The Hall–Kier alpha value is -2.23. The Kier molecular flexibility index (Phi) is 3.57. The highest BCUT2D eigenvalue weighted by Gasteiger charge is 2.31. The second-order valence-corrected chi connectivity index (χ2v) is 5.10. The number of hydrogen-bond donors (Lipinski definition) is 1. The molecule has 20 heavy (non-hydrogen) atoms. The minimum atomic E-state index is -1.12. The Morgan fingerprint density at radius 2 is 1.70 bits per heavy atom. The molecule has 0 amide bonds. The maximum absolute atomic E-state index is 13.4. The average Bonchev–Trinajstić information content (AvgIpc) is 2.41. The second kappa shape index (κ2) is 5.04. The van der Waals surface area contributed by atoms with Crippen molar-refractivity contribution in [2.75, 3.05) is 0 Å². The van der Waals surface area contributed by atoms with Crippen LogP contribution in [0.5, 0.6) is 0 Å². The molecule has 0 heterocycles. The van der Waals surface area contributed by atoms with Crippen LogP contribution in [0.3, 0.4) is 0 Å². The van der Waals surface area contributed by atoms with E-state index >= 15 is 0 Å². The molecule has 0 spiro atoms. The Labute approximate surface area is 115 Å². The van der Waals surface area contributed by atoms with Crippen LogP contribution in [0.15, 0.2) is 42.5 Å². The fourth-order valence-corrected chi connectivity index (χ4v) is 2.06. The molecule has 0 saturated carbocycles. The highest BCUT2D eigenvalue weighted by molar-refractivity contribution is 5.84. The van der Waals surface area contributed by atoms with Crippen LogP contribution in [0.2, 0.25) is 0 Å². The molecule has 0 aliphatic rings. The van der Waals surface area contributed by atoms with Crippen molar-refractivity contribution in [1.29, 1.82) is 0 Å². The van der Waals surface area contributed by atoms with Crippen LogP contribution in [-0.2, 0) is 10.2 Å². The Morgan fingerprint density at radius 1 is 1.05 bits per heavy atom. The molecule has 0 atom stereocenters. The summed E-state index contributed by atoms with van der Waals surface area (Å²) in [6.45, 7) is 3.15. The van der Waals surface area contributed by atoms with Crippen LogP contribution < -0.4 is 0 Å². The van der Waals surface area contributed by atoms with Crippen molar-refractivity contribution in [3.05, 3.63) is 59.7 Å². The molecular formula is C16H14F2O2. The highest BCUT2D eigenvalue weighted by Crippen LogP contribution is 2.33. The lowest BCUT2D eigenvalue weighted by molar-refractivity contribution is -0.142. The van der Waals surface area contributed by atoms with Crippen LogP contribution >= 0.6 is 0 Å². The third kappa shape index (κ3) is 2.41. The summed E-state index contributed by atoms with van der Waals surface area (Å²) < 4.78 is 26.4. The molecule has 0 radical (unpaired) electrons. The minimum Gasteiger partial charge on any atom is -0.481 e. The van der Waals surface area contributed by atoms with Gasteiger partial charge >= 0.3 is 5.97 Å². The Morgan fingerprint density at radius 3 is 2.30 bits per heavy atom. The van der Waals surface area contributed by atoms with E-state index in [0.29, 0.717) is 16.7 Å². The molecule has 1 N–H and O–H groups in total. The van der Waals surface area contributed by atoms with Crippen molar-refractivity contribution in [3.8, 4) is 11.1 Å². The first-order valence-electron chi connectivity index (χ1n) is 6.12. The monoisotopic (exact) mass is 276 g/mol. The van der Waals surface area contributed by atoms with Crippen molar-refractivity contribution in [1.82, 2.24) is 0 Å². The first-order chi connectivity index (χ1) is 9.34. The van der Waals surface area contributed by atoms with E-state index in [1.54, 1.807) is 38.1 Å². The predicted molar refractivity (Wildman–Crippen MR) is 72.5 cm³/mol. The number of hydrogen-bond acceptors (Lipinski definition) is 1. The van der Waals surface area contributed by atoms with Crippen LogP contribution in [0.25, 0.3) is 11.1 Å². The molecule has 0 aliphatic carbocycles. The number of aliphatic carboxylic acids is 1. The molecule has 2 aromatic rings. The summed E-state index contributed by atoms with van der Waals surface area (Å²) in [6, 6.07) is 10.4. The molecular weight excluding hydrogens is 262 g/mol. The molecule has 2 nitrogen and oxygen atoms in total. The second-order valence-electron chi connectivity index (χ2n) is 5.10. The van der Waals surface area contributed by atoms with E-state index in [0.717, 1.165) is 12.1 Å². The van der Waals surface area contributed by atoms with E-state index in [-0.39, 0.29) is 0 Å². The number of benzene rings is 2. The van der Waals surface area contributed by atoms with E-state index in [1.165, 1.54) is 6.07 Å². The largest absolute Gasteiger partial charge is 0.481 e. The van der Waals surface area contributed by atoms with Crippen molar-refractivity contribution in [2.24, 2.45) is 0 Å². The molecule has 0 aromatic heterocycles. The van der Waals surface area contributed by atoms with Crippen LogP contribution in [0.4, 0.5) is 8.78 Å². The summed E-state index contributed by atoms with van der Waals surface area (Å²) in [6.07, 6.45) is 0. The third-order valence-electron chi connectivity index (χ3n) is 3.37. The molecule has 0 bridgehead atoms. The Balaban J connectivity index is 2.64. The summed E-state index contributed by atoms with van der Waals surface area (Å²) in [5, 5.41) is 9.33. The van der Waals surface area contributed by atoms with Gasteiger partial charge in [-0.1, -0.05) is 30.3 Å². The van der Waals surface area contributed by atoms with Gasteiger partial charge in [-0.2, -0.15) is 0 Å². The first-order valence-corrected chi connectivity index (χ1v) is 6.12. The zero-order chi connectivity index (χ0) is 14.9. The maximum Gasteiger partial charge on any atom is 0.313 e. The van der Waals surface area contributed by atoms with Gasteiger partial charge in [0.1, 0.15) is 0 Å². The van der Waals surface area contributed by atoms with Gasteiger partial charge in [-0.3, -0.25) is 4.79 Å². The zero-order valence-corrected chi connectivity index (χ0v) is 11.2. The van der Waals surface area contributed by atoms with Crippen LogP contribution in [-0.4, -0.2) is 11.1 Å². The summed E-state index contributed by atoms with van der Waals surface area (Å²) in [4.78, 5) is 11.4. The standard InChI is InChI=1S/C16H14F2O2/c1-16(2,15(19)20)12-6-4-3-5-11(12)10-7-8-13(17)14(18)9-10/h3-9H,1-2H3,(H,19,20). The third-order valence-corrected chi connectivity index (χ3v) is 3.37. The van der Waals surface area contributed by atoms with E-state index in [2.05, 4.69) is 0 Å². The minimum absolute atomic E-state index is 0.453. The Bertz CT molecular complexity index is 663. The maximum atomic E-state index is 13.4. The summed E-state index contributed by atoms with van der Waals surface area (Å²) in [5.74, 6) is -2.86. The number of carboxylic acid groups (broad SMARTS) is 1. The number of halogens is 2. The molecule has 0 saturated heterocycles.